The second kappa shape index (κ2) is 12.1. The van der Waals surface area contributed by atoms with Gasteiger partial charge in [-0.1, -0.05) is 69.1 Å². The van der Waals surface area contributed by atoms with Crippen molar-refractivity contribution in [3.05, 3.63) is 63.6 Å². The van der Waals surface area contributed by atoms with E-state index in [1.165, 1.54) is 0 Å². The third-order valence-corrected chi connectivity index (χ3v) is 6.59. The molecular weight excluding hydrogens is 469 g/mol. The lowest BCUT2D eigenvalue weighted by molar-refractivity contribution is -0.134. The Morgan fingerprint density at radius 2 is 1.65 bits per heavy atom. The van der Waals surface area contributed by atoms with Gasteiger partial charge in [0, 0.05) is 59.9 Å². The van der Waals surface area contributed by atoms with Crippen LogP contribution in [0.1, 0.15) is 50.0 Å². The van der Waals surface area contributed by atoms with E-state index in [0.717, 1.165) is 16.8 Å². The molecule has 5 nitrogen and oxygen atoms in total. The molecule has 0 saturated carbocycles. The van der Waals surface area contributed by atoms with Gasteiger partial charge >= 0.3 is 0 Å². The molecule has 0 spiro atoms. The second-order valence-electron chi connectivity index (χ2n) is 9.66. The molecule has 1 N–H and O–H groups in total. The van der Waals surface area contributed by atoms with Gasteiger partial charge in [-0.3, -0.25) is 9.59 Å². The minimum Gasteiger partial charge on any atom is -0.367 e. The Balaban J connectivity index is 1.69. The van der Waals surface area contributed by atoms with Gasteiger partial charge in [0.25, 0.3) is 0 Å². The van der Waals surface area contributed by atoms with E-state index in [4.69, 9.17) is 23.2 Å². The van der Waals surface area contributed by atoms with Crippen molar-refractivity contribution in [1.82, 2.24) is 10.2 Å². The van der Waals surface area contributed by atoms with E-state index in [2.05, 4.69) is 24.1 Å². The van der Waals surface area contributed by atoms with Gasteiger partial charge in [-0.2, -0.15) is 0 Å². The Hall–Kier alpha value is -2.08. The van der Waals surface area contributed by atoms with Gasteiger partial charge in [0.1, 0.15) is 0 Å². The predicted molar refractivity (Wildman–Crippen MR) is 141 cm³/mol. The van der Waals surface area contributed by atoms with Crippen LogP contribution in [-0.2, 0) is 11.2 Å². The molecule has 3 rings (SSSR count). The van der Waals surface area contributed by atoms with Crippen molar-refractivity contribution in [2.24, 2.45) is 5.92 Å². The molecule has 0 aliphatic carbocycles. The van der Waals surface area contributed by atoms with Crippen LogP contribution in [0.25, 0.3) is 0 Å². The topological polar surface area (TPSA) is 52.7 Å². The van der Waals surface area contributed by atoms with Gasteiger partial charge in [0.05, 0.1) is 6.04 Å². The summed E-state index contributed by atoms with van der Waals surface area (Å²) in [6.45, 7) is 10.8. The number of Topliss-reactive ketones (excluding diaryl/α,β-unsaturated/α-hetero) is 1. The van der Waals surface area contributed by atoms with Crippen LogP contribution in [0.15, 0.2) is 42.5 Å². The number of rotatable bonds is 9. The number of piperazine rings is 1. The summed E-state index contributed by atoms with van der Waals surface area (Å²) in [4.78, 5) is 30.4. The largest absolute Gasteiger partial charge is 0.367 e. The molecule has 1 saturated heterocycles. The molecule has 0 aromatic heterocycles. The zero-order chi connectivity index (χ0) is 24.8. The van der Waals surface area contributed by atoms with Crippen molar-refractivity contribution in [3.63, 3.8) is 0 Å². The fraction of sp³-hybridized carbons (Fsp3) is 0.481. The molecule has 1 fully saturated rings. The maximum absolute atomic E-state index is 13.5. The van der Waals surface area contributed by atoms with Crippen LogP contribution >= 0.6 is 23.2 Å². The molecule has 1 atom stereocenters. The quantitative estimate of drug-likeness (QED) is 0.460. The molecule has 184 valence electrons. The first-order chi connectivity index (χ1) is 16.2. The van der Waals surface area contributed by atoms with Gasteiger partial charge in [0.2, 0.25) is 5.91 Å². The normalized spacial score (nSPS) is 15.2. The fourth-order valence-electron chi connectivity index (χ4n) is 4.38. The van der Waals surface area contributed by atoms with Crippen molar-refractivity contribution in [1.29, 1.82) is 0 Å². The smallest absolute Gasteiger partial charge is 0.240 e. The predicted octanol–water partition coefficient (Wildman–Crippen LogP) is 5.48. The van der Waals surface area contributed by atoms with Crippen LogP contribution in [0.5, 0.6) is 0 Å². The summed E-state index contributed by atoms with van der Waals surface area (Å²) < 4.78 is 0. The standard InChI is InChI=1S/C27H35Cl2N3O2/c1-18(2)15-26(33)22-7-5-6-8-25(22)31-11-13-32(14-12-31)27(34)24(30-19(3)4)16-20-9-10-21(28)17-23(20)29/h5-10,17-19,24,30H,11-16H2,1-4H3/t24-/m1/s1. The molecule has 2 aromatic rings. The lowest BCUT2D eigenvalue weighted by Gasteiger charge is -2.38. The van der Waals surface area contributed by atoms with E-state index in [9.17, 15) is 9.59 Å². The summed E-state index contributed by atoms with van der Waals surface area (Å²) in [6.07, 6.45) is 1.03. The molecule has 0 unspecified atom stereocenters. The summed E-state index contributed by atoms with van der Waals surface area (Å²) in [5.41, 5.74) is 2.63. The van der Waals surface area contributed by atoms with Crippen LogP contribution in [-0.4, -0.2) is 54.9 Å². The highest BCUT2D eigenvalue weighted by Crippen LogP contribution is 2.26. The number of hydrogen-bond acceptors (Lipinski definition) is 4. The number of ketones is 1. The van der Waals surface area contributed by atoms with Crippen molar-refractivity contribution in [2.75, 3.05) is 31.1 Å². The summed E-state index contributed by atoms with van der Waals surface area (Å²) >= 11 is 12.4. The molecule has 1 heterocycles. The first-order valence-electron chi connectivity index (χ1n) is 12.0. The van der Waals surface area contributed by atoms with E-state index in [-0.39, 0.29) is 23.8 Å². The maximum Gasteiger partial charge on any atom is 0.240 e. The summed E-state index contributed by atoms with van der Waals surface area (Å²) in [6, 6.07) is 13.0. The summed E-state index contributed by atoms with van der Waals surface area (Å²) in [5.74, 6) is 0.559. The summed E-state index contributed by atoms with van der Waals surface area (Å²) in [7, 11) is 0. The van der Waals surface area contributed by atoms with E-state index in [0.29, 0.717) is 55.0 Å². The van der Waals surface area contributed by atoms with Crippen LogP contribution in [0.2, 0.25) is 10.0 Å². The Labute approximate surface area is 213 Å². The monoisotopic (exact) mass is 503 g/mol. The highest BCUT2D eigenvalue weighted by Gasteiger charge is 2.29. The molecule has 0 bridgehead atoms. The first-order valence-corrected chi connectivity index (χ1v) is 12.8. The van der Waals surface area contributed by atoms with Crippen molar-refractivity contribution < 1.29 is 9.59 Å². The Morgan fingerprint density at radius 3 is 2.26 bits per heavy atom. The van der Waals surface area contributed by atoms with E-state index >= 15 is 0 Å². The Kier molecular flexibility index (Phi) is 9.40. The minimum absolute atomic E-state index is 0.0727. The number of carbonyl (C=O) groups excluding carboxylic acids is 2. The number of benzene rings is 2. The minimum atomic E-state index is -0.370. The van der Waals surface area contributed by atoms with Crippen molar-refractivity contribution in [3.8, 4) is 0 Å². The number of carbonyl (C=O) groups is 2. The third kappa shape index (κ3) is 6.97. The third-order valence-electron chi connectivity index (χ3n) is 6.00. The van der Waals surface area contributed by atoms with Crippen LogP contribution in [0.4, 0.5) is 5.69 Å². The van der Waals surface area contributed by atoms with Gasteiger partial charge in [-0.05, 0) is 42.2 Å². The van der Waals surface area contributed by atoms with Gasteiger partial charge < -0.3 is 15.1 Å². The molecular formula is C27H35Cl2N3O2. The molecule has 1 amide bonds. The number of amides is 1. The van der Waals surface area contributed by atoms with E-state index < -0.39 is 0 Å². The number of hydrogen-bond donors (Lipinski definition) is 1. The number of nitrogens with one attached hydrogen (secondary N) is 1. The fourth-order valence-corrected chi connectivity index (χ4v) is 4.87. The van der Waals surface area contributed by atoms with E-state index in [1.807, 2.05) is 49.1 Å². The Bertz CT molecular complexity index is 1000. The van der Waals surface area contributed by atoms with Crippen molar-refractivity contribution >= 4 is 40.6 Å². The highest BCUT2D eigenvalue weighted by atomic mass is 35.5. The summed E-state index contributed by atoms with van der Waals surface area (Å²) in [5, 5.41) is 4.56. The average Bonchev–Trinajstić information content (AvgIpc) is 2.79. The van der Waals surface area contributed by atoms with Crippen molar-refractivity contribution in [2.45, 2.75) is 52.6 Å². The number of anilines is 1. The number of para-hydroxylation sites is 1. The molecule has 34 heavy (non-hydrogen) atoms. The van der Waals surface area contributed by atoms with Gasteiger partial charge in [-0.15, -0.1) is 0 Å². The van der Waals surface area contributed by atoms with Gasteiger partial charge in [-0.25, -0.2) is 0 Å². The zero-order valence-corrected chi connectivity index (χ0v) is 22.0. The second-order valence-corrected chi connectivity index (χ2v) is 10.5. The molecule has 1 aliphatic rings. The van der Waals surface area contributed by atoms with Crippen LogP contribution in [0, 0.1) is 5.92 Å². The van der Waals surface area contributed by atoms with Gasteiger partial charge in [0.15, 0.2) is 5.78 Å². The highest BCUT2D eigenvalue weighted by molar-refractivity contribution is 6.35. The maximum atomic E-state index is 13.5. The SMILES string of the molecule is CC(C)CC(=O)c1ccccc1N1CCN(C(=O)[C@@H](Cc2ccc(Cl)cc2Cl)NC(C)C)CC1. The van der Waals surface area contributed by atoms with E-state index in [1.54, 1.807) is 12.1 Å². The molecule has 0 radical (unpaired) electrons. The first kappa shape index (κ1) is 26.5. The Morgan fingerprint density at radius 1 is 0.971 bits per heavy atom. The number of halogens is 2. The van der Waals surface area contributed by atoms with Crippen LogP contribution in [0.3, 0.4) is 0 Å². The molecule has 7 heteroatoms. The number of nitrogens with zero attached hydrogens (tertiary/aromatic N) is 2. The zero-order valence-electron chi connectivity index (χ0n) is 20.5. The molecule has 1 aliphatic heterocycles. The molecule has 2 aromatic carbocycles. The lowest BCUT2D eigenvalue weighted by Crippen LogP contribution is -2.55. The average molecular weight is 505 g/mol. The van der Waals surface area contributed by atoms with Crippen LogP contribution < -0.4 is 10.2 Å². The lowest BCUT2D eigenvalue weighted by atomic mass is 9.99.